The lowest BCUT2D eigenvalue weighted by Gasteiger charge is -1.77. The van der Waals surface area contributed by atoms with Crippen LogP contribution >= 0.6 is 0 Å². The number of allylic oxidation sites excluding steroid dienone is 3. The molecule has 0 aromatic heterocycles. The molecular formula is C6H9F. The molecule has 0 saturated heterocycles. The molecule has 0 aromatic carbocycles. The summed E-state index contributed by atoms with van der Waals surface area (Å²) in [5.41, 5.74) is 0. The molecule has 0 aliphatic heterocycles. The van der Waals surface area contributed by atoms with Gasteiger partial charge in [0.1, 0.15) is 0 Å². The van der Waals surface area contributed by atoms with Crippen molar-refractivity contribution in [2.75, 3.05) is 0 Å². The Morgan fingerprint density at radius 1 is 1.86 bits per heavy atom. The zero-order valence-corrected chi connectivity index (χ0v) is 4.45. The summed E-state index contributed by atoms with van der Waals surface area (Å²) >= 11 is 0. The SMILES string of the molecule is C=CC/C=C(\C)F. The number of hydrogen-bond donors (Lipinski definition) is 0. The standard InChI is InChI=1S/C6H9F/c1-3-4-5-6(2)7/h3,5H,1,4H2,2H3/b6-5+. The topological polar surface area (TPSA) is 0 Å². The van der Waals surface area contributed by atoms with E-state index >= 15 is 0 Å². The second-order valence-corrected chi connectivity index (χ2v) is 1.32. The molecule has 0 unspecified atom stereocenters. The Morgan fingerprint density at radius 3 is 2.57 bits per heavy atom. The lowest BCUT2D eigenvalue weighted by atomic mass is 10.4. The van der Waals surface area contributed by atoms with Gasteiger partial charge >= 0.3 is 0 Å². The lowest BCUT2D eigenvalue weighted by Crippen LogP contribution is -1.58. The fraction of sp³-hybridized carbons (Fsp3) is 0.333. The second kappa shape index (κ2) is 3.59. The van der Waals surface area contributed by atoms with Gasteiger partial charge in [-0.3, -0.25) is 0 Å². The van der Waals surface area contributed by atoms with Crippen LogP contribution in [0.2, 0.25) is 0 Å². The molecule has 0 aliphatic carbocycles. The van der Waals surface area contributed by atoms with Crippen LogP contribution in [0.1, 0.15) is 13.3 Å². The van der Waals surface area contributed by atoms with E-state index in [1.807, 2.05) is 0 Å². The van der Waals surface area contributed by atoms with Crippen LogP contribution < -0.4 is 0 Å². The highest BCUT2D eigenvalue weighted by Crippen LogP contribution is 1.94. The quantitative estimate of drug-likeness (QED) is 0.467. The zero-order chi connectivity index (χ0) is 5.70. The maximum Gasteiger partial charge on any atom is 0.0932 e. The molecule has 0 atom stereocenters. The van der Waals surface area contributed by atoms with Gasteiger partial charge in [-0.1, -0.05) is 6.08 Å². The summed E-state index contributed by atoms with van der Waals surface area (Å²) in [6, 6.07) is 0. The summed E-state index contributed by atoms with van der Waals surface area (Å²) in [6.45, 7) is 4.84. The molecule has 0 N–H and O–H groups in total. The van der Waals surface area contributed by atoms with Gasteiger partial charge in [-0.15, -0.1) is 6.58 Å². The third-order valence-electron chi connectivity index (χ3n) is 0.566. The summed E-state index contributed by atoms with van der Waals surface area (Å²) < 4.78 is 11.7. The molecule has 0 aromatic rings. The minimum Gasteiger partial charge on any atom is -0.212 e. The van der Waals surface area contributed by atoms with Gasteiger partial charge in [-0.2, -0.15) is 0 Å². The third kappa shape index (κ3) is 5.41. The fourth-order valence-electron chi connectivity index (χ4n) is 0.246. The molecule has 0 nitrogen and oxygen atoms in total. The third-order valence-corrected chi connectivity index (χ3v) is 0.566. The molecular weight excluding hydrogens is 91.1 g/mol. The van der Waals surface area contributed by atoms with Crippen molar-refractivity contribution >= 4 is 0 Å². The molecule has 0 rings (SSSR count). The van der Waals surface area contributed by atoms with Crippen LogP contribution in [0.4, 0.5) is 4.39 Å². The fourth-order valence-corrected chi connectivity index (χ4v) is 0.246. The summed E-state index contributed by atoms with van der Waals surface area (Å²) in [5, 5.41) is 0. The van der Waals surface area contributed by atoms with Gasteiger partial charge in [0.05, 0.1) is 5.83 Å². The molecule has 0 bridgehead atoms. The van der Waals surface area contributed by atoms with E-state index in [2.05, 4.69) is 6.58 Å². The predicted molar refractivity (Wildman–Crippen MR) is 29.7 cm³/mol. The van der Waals surface area contributed by atoms with Crippen molar-refractivity contribution in [3.63, 3.8) is 0 Å². The smallest absolute Gasteiger partial charge is 0.0932 e. The largest absolute Gasteiger partial charge is 0.212 e. The van der Waals surface area contributed by atoms with E-state index in [1.165, 1.54) is 13.0 Å². The highest BCUT2D eigenvalue weighted by Gasteiger charge is 1.74. The number of halogens is 1. The van der Waals surface area contributed by atoms with Crippen LogP contribution in [0.5, 0.6) is 0 Å². The van der Waals surface area contributed by atoms with Gasteiger partial charge in [0.15, 0.2) is 0 Å². The molecule has 0 saturated carbocycles. The molecule has 0 radical (unpaired) electrons. The van der Waals surface area contributed by atoms with E-state index < -0.39 is 0 Å². The number of hydrogen-bond acceptors (Lipinski definition) is 0. The maximum atomic E-state index is 11.7. The van der Waals surface area contributed by atoms with E-state index in [9.17, 15) is 4.39 Å². The van der Waals surface area contributed by atoms with E-state index in [4.69, 9.17) is 0 Å². The minimum atomic E-state index is -0.139. The zero-order valence-electron chi connectivity index (χ0n) is 4.45. The van der Waals surface area contributed by atoms with Crippen molar-refractivity contribution in [1.29, 1.82) is 0 Å². The van der Waals surface area contributed by atoms with E-state index in [0.29, 0.717) is 6.42 Å². The van der Waals surface area contributed by atoms with Crippen molar-refractivity contribution in [3.05, 3.63) is 24.6 Å². The van der Waals surface area contributed by atoms with Gasteiger partial charge < -0.3 is 0 Å². The first-order valence-electron chi connectivity index (χ1n) is 2.20. The average molecular weight is 100 g/mol. The van der Waals surface area contributed by atoms with Gasteiger partial charge in [0.2, 0.25) is 0 Å². The maximum absolute atomic E-state index is 11.7. The Labute approximate surface area is 43.4 Å². The van der Waals surface area contributed by atoms with Crippen LogP contribution in [0.25, 0.3) is 0 Å². The molecule has 1 heteroatoms. The Morgan fingerprint density at radius 2 is 2.43 bits per heavy atom. The first kappa shape index (κ1) is 6.41. The van der Waals surface area contributed by atoms with Crippen molar-refractivity contribution in [2.24, 2.45) is 0 Å². The minimum absolute atomic E-state index is 0.139. The van der Waals surface area contributed by atoms with Crippen molar-refractivity contribution in [2.45, 2.75) is 13.3 Å². The van der Waals surface area contributed by atoms with Crippen molar-refractivity contribution in [1.82, 2.24) is 0 Å². The van der Waals surface area contributed by atoms with Crippen LogP contribution in [-0.4, -0.2) is 0 Å². The van der Waals surface area contributed by atoms with Crippen LogP contribution in [-0.2, 0) is 0 Å². The summed E-state index contributed by atoms with van der Waals surface area (Å²) in [6.07, 6.45) is 3.76. The van der Waals surface area contributed by atoms with Crippen LogP contribution in [0.15, 0.2) is 24.6 Å². The van der Waals surface area contributed by atoms with Crippen LogP contribution in [0.3, 0.4) is 0 Å². The lowest BCUT2D eigenvalue weighted by molar-refractivity contribution is 0.636. The van der Waals surface area contributed by atoms with Crippen molar-refractivity contribution in [3.8, 4) is 0 Å². The Bertz CT molecular complexity index is 78.2. The summed E-state index contributed by atoms with van der Waals surface area (Å²) in [5.74, 6) is -0.139. The van der Waals surface area contributed by atoms with Gasteiger partial charge in [0, 0.05) is 0 Å². The van der Waals surface area contributed by atoms with E-state index in [-0.39, 0.29) is 5.83 Å². The predicted octanol–water partition coefficient (Wildman–Crippen LogP) is 2.44. The Balaban J connectivity index is 3.25. The molecule has 40 valence electrons. The summed E-state index contributed by atoms with van der Waals surface area (Å²) in [7, 11) is 0. The Kier molecular flexibility index (Phi) is 3.29. The molecule has 0 fully saturated rings. The normalized spacial score (nSPS) is 11.4. The molecule has 0 aliphatic rings. The van der Waals surface area contributed by atoms with Gasteiger partial charge in [-0.25, -0.2) is 4.39 Å². The number of rotatable bonds is 2. The first-order valence-corrected chi connectivity index (χ1v) is 2.20. The summed E-state index contributed by atoms with van der Waals surface area (Å²) in [4.78, 5) is 0. The van der Waals surface area contributed by atoms with E-state index in [1.54, 1.807) is 6.08 Å². The Hall–Kier alpha value is -0.590. The molecule has 0 amide bonds. The molecule has 0 heterocycles. The first-order chi connectivity index (χ1) is 3.27. The molecule has 0 spiro atoms. The van der Waals surface area contributed by atoms with Crippen molar-refractivity contribution < 1.29 is 4.39 Å². The highest BCUT2D eigenvalue weighted by molar-refractivity contribution is 4.91. The van der Waals surface area contributed by atoms with Crippen LogP contribution in [0, 0.1) is 0 Å². The van der Waals surface area contributed by atoms with Gasteiger partial charge in [-0.05, 0) is 19.4 Å². The second-order valence-electron chi connectivity index (χ2n) is 1.32. The molecule has 7 heavy (non-hydrogen) atoms. The monoisotopic (exact) mass is 100 g/mol. The average Bonchev–Trinajstić information content (AvgIpc) is 1.61. The van der Waals surface area contributed by atoms with E-state index in [0.717, 1.165) is 0 Å². The van der Waals surface area contributed by atoms with Gasteiger partial charge in [0.25, 0.3) is 0 Å². The highest BCUT2D eigenvalue weighted by atomic mass is 19.1.